The van der Waals surface area contributed by atoms with Crippen LogP contribution in [-0.4, -0.2) is 57.3 Å². The first-order valence-corrected chi connectivity index (χ1v) is 12.5. The Hall–Kier alpha value is -3.63. The SMILES string of the molecule is CC(C)C[C@H](NC(=O)C1(Cc2ccccc2)CC(CNC(=O)c2cn(C)c3ccccc23)=NO1)B(O)O. The van der Waals surface area contributed by atoms with Crippen molar-refractivity contribution >= 4 is 35.5 Å². The van der Waals surface area contributed by atoms with Crippen molar-refractivity contribution in [3.8, 4) is 0 Å². The molecule has 10 heteroatoms. The van der Waals surface area contributed by atoms with Crippen LogP contribution in [0.1, 0.15) is 42.6 Å². The molecular formula is C27H33BN4O5. The quantitative estimate of drug-likeness (QED) is 0.315. The van der Waals surface area contributed by atoms with Gasteiger partial charge >= 0.3 is 7.12 Å². The predicted octanol–water partition coefficient (Wildman–Crippen LogP) is 2.21. The minimum atomic E-state index is -1.71. The summed E-state index contributed by atoms with van der Waals surface area (Å²) < 4.78 is 1.90. The molecule has 0 spiro atoms. The second-order valence-corrected chi connectivity index (χ2v) is 10.1. The van der Waals surface area contributed by atoms with E-state index in [1.807, 2.05) is 80.1 Å². The highest BCUT2D eigenvalue weighted by atomic mass is 16.7. The number of aromatic nitrogens is 1. The lowest BCUT2D eigenvalue weighted by atomic mass is 9.74. The summed E-state index contributed by atoms with van der Waals surface area (Å²) in [6.45, 7) is 3.99. The van der Waals surface area contributed by atoms with Gasteiger partial charge in [0.25, 0.3) is 11.8 Å². The highest BCUT2D eigenvalue weighted by Gasteiger charge is 2.48. The van der Waals surface area contributed by atoms with Crippen LogP contribution in [0.5, 0.6) is 0 Å². The van der Waals surface area contributed by atoms with Crippen LogP contribution < -0.4 is 10.6 Å². The van der Waals surface area contributed by atoms with Gasteiger partial charge in [-0.25, -0.2) is 0 Å². The molecule has 1 aromatic heterocycles. The van der Waals surface area contributed by atoms with E-state index in [9.17, 15) is 19.6 Å². The Morgan fingerprint density at radius 3 is 2.54 bits per heavy atom. The smallest absolute Gasteiger partial charge is 0.426 e. The van der Waals surface area contributed by atoms with Crippen molar-refractivity contribution in [3.05, 3.63) is 71.9 Å². The fraction of sp³-hybridized carbons (Fsp3) is 0.370. The van der Waals surface area contributed by atoms with Gasteiger partial charge in [-0.05, 0) is 24.0 Å². The number of hydrogen-bond donors (Lipinski definition) is 4. The zero-order chi connectivity index (χ0) is 26.6. The first kappa shape index (κ1) is 26.4. The maximum absolute atomic E-state index is 13.5. The molecule has 0 saturated carbocycles. The monoisotopic (exact) mass is 504 g/mol. The van der Waals surface area contributed by atoms with Crippen LogP contribution in [0.15, 0.2) is 65.9 Å². The molecule has 0 bridgehead atoms. The largest absolute Gasteiger partial charge is 0.475 e. The number of rotatable bonds is 10. The van der Waals surface area contributed by atoms with E-state index in [-0.39, 0.29) is 31.2 Å². The van der Waals surface area contributed by atoms with Crippen LogP contribution >= 0.6 is 0 Å². The van der Waals surface area contributed by atoms with E-state index in [1.165, 1.54) is 0 Å². The number of carbonyl (C=O) groups excluding carboxylic acids is 2. The maximum atomic E-state index is 13.5. The highest BCUT2D eigenvalue weighted by molar-refractivity contribution is 6.43. The average Bonchev–Trinajstić information content (AvgIpc) is 3.44. The van der Waals surface area contributed by atoms with Crippen molar-refractivity contribution in [2.24, 2.45) is 18.1 Å². The Morgan fingerprint density at radius 1 is 1.14 bits per heavy atom. The zero-order valence-corrected chi connectivity index (χ0v) is 21.3. The van der Waals surface area contributed by atoms with Crippen molar-refractivity contribution in [1.82, 2.24) is 15.2 Å². The minimum Gasteiger partial charge on any atom is -0.426 e. The van der Waals surface area contributed by atoms with E-state index in [4.69, 9.17) is 4.84 Å². The van der Waals surface area contributed by atoms with Crippen LogP contribution in [0, 0.1) is 5.92 Å². The van der Waals surface area contributed by atoms with Crippen molar-refractivity contribution in [3.63, 3.8) is 0 Å². The minimum absolute atomic E-state index is 0.115. The summed E-state index contributed by atoms with van der Waals surface area (Å²) in [6.07, 6.45) is 2.56. The van der Waals surface area contributed by atoms with Crippen LogP contribution in [0.25, 0.3) is 10.9 Å². The lowest BCUT2D eigenvalue weighted by Gasteiger charge is -2.29. The molecule has 0 radical (unpaired) electrons. The molecule has 0 fully saturated rings. The van der Waals surface area contributed by atoms with Gasteiger partial charge in [0.15, 0.2) is 0 Å². The van der Waals surface area contributed by atoms with Gasteiger partial charge in [-0.2, -0.15) is 0 Å². The molecule has 1 aliphatic heterocycles. The van der Waals surface area contributed by atoms with Crippen molar-refractivity contribution in [2.45, 2.75) is 44.7 Å². The second-order valence-electron chi connectivity index (χ2n) is 10.1. The van der Waals surface area contributed by atoms with Gasteiger partial charge in [0.05, 0.1) is 23.8 Å². The number of para-hydroxylation sites is 1. The molecule has 2 amide bonds. The lowest BCUT2D eigenvalue weighted by molar-refractivity contribution is -0.144. The molecule has 2 aromatic carbocycles. The molecule has 1 aliphatic rings. The number of amides is 2. The summed E-state index contributed by atoms with van der Waals surface area (Å²) in [4.78, 5) is 32.3. The standard InChI is InChI=1S/C27H33BN4O5/c1-18(2)13-24(28(35)36)30-26(34)27(14-19-9-5-4-6-10-19)15-20(31-37-27)16-29-25(33)22-17-32(3)23-12-8-7-11-21(22)23/h4-12,17-18,24,35-36H,13-16H2,1-3H3,(H,29,33)(H,30,34)/t24-,27?/m0/s1. The normalized spacial score (nSPS) is 17.8. The maximum Gasteiger partial charge on any atom is 0.475 e. The molecule has 4 N–H and O–H groups in total. The summed E-state index contributed by atoms with van der Waals surface area (Å²) in [5, 5.41) is 30.3. The molecule has 2 heterocycles. The number of aryl methyl sites for hydroxylation is 1. The van der Waals surface area contributed by atoms with Gasteiger partial charge in [0, 0.05) is 37.0 Å². The van der Waals surface area contributed by atoms with Crippen LogP contribution in [0.2, 0.25) is 0 Å². The Labute approximate surface area is 216 Å². The van der Waals surface area contributed by atoms with E-state index < -0.39 is 24.6 Å². The molecule has 37 heavy (non-hydrogen) atoms. The zero-order valence-electron chi connectivity index (χ0n) is 21.3. The van der Waals surface area contributed by atoms with E-state index in [1.54, 1.807) is 6.20 Å². The molecule has 1 unspecified atom stereocenters. The van der Waals surface area contributed by atoms with Gasteiger partial charge in [-0.15, -0.1) is 0 Å². The number of hydrogen-bond acceptors (Lipinski definition) is 6. The predicted molar refractivity (Wildman–Crippen MR) is 143 cm³/mol. The van der Waals surface area contributed by atoms with Crippen molar-refractivity contribution in [1.29, 1.82) is 0 Å². The summed E-state index contributed by atoms with van der Waals surface area (Å²) in [5.74, 6) is -1.43. The molecule has 0 saturated heterocycles. The van der Waals surface area contributed by atoms with Crippen molar-refractivity contribution < 1.29 is 24.5 Å². The molecule has 9 nitrogen and oxygen atoms in total. The van der Waals surface area contributed by atoms with Crippen LogP contribution in [0.3, 0.4) is 0 Å². The van der Waals surface area contributed by atoms with E-state index in [0.717, 1.165) is 16.5 Å². The Kier molecular flexibility index (Phi) is 7.99. The summed E-state index contributed by atoms with van der Waals surface area (Å²) in [6, 6.07) is 17.1. The second kappa shape index (κ2) is 11.2. The van der Waals surface area contributed by atoms with E-state index >= 15 is 0 Å². The third-order valence-electron chi connectivity index (χ3n) is 6.58. The highest BCUT2D eigenvalue weighted by Crippen LogP contribution is 2.29. The van der Waals surface area contributed by atoms with E-state index in [0.29, 0.717) is 17.7 Å². The number of carbonyl (C=O) groups is 2. The number of nitrogens with zero attached hydrogens (tertiary/aromatic N) is 2. The van der Waals surface area contributed by atoms with Gasteiger partial charge in [-0.1, -0.05) is 67.5 Å². The lowest BCUT2D eigenvalue weighted by Crippen LogP contribution is -2.56. The Bertz CT molecular complexity index is 1290. The van der Waals surface area contributed by atoms with Crippen LogP contribution in [-0.2, 0) is 23.1 Å². The fourth-order valence-electron chi connectivity index (χ4n) is 4.73. The molecule has 3 aromatic rings. The van der Waals surface area contributed by atoms with Crippen molar-refractivity contribution in [2.75, 3.05) is 6.54 Å². The topological polar surface area (TPSA) is 125 Å². The summed E-state index contributed by atoms with van der Waals surface area (Å²) in [7, 11) is 0.183. The van der Waals surface area contributed by atoms with Gasteiger partial charge < -0.3 is 30.1 Å². The van der Waals surface area contributed by atoms with Gasteiger partial charge in [0.1, 0.15) is 0 Å². The third kappa shape index (κ3) is 6.03. The molecular weight excluding hydrogens is 471 g/mol. The molecule has 4 rings (SSSR count). The Balaban J connectivity index is 1.48. The van der Waals surface area contributed by atoms with Crippen LogP contribution in [0.4, 0.5) is 0 Å². The van der Waals surface area contributed by atoms with Gasteiger partial charge in [0.2, 0.25) is 5.60 Å². The number of oxime groups is 1. The first-order chi connectivity index (χ1) is 17.7. The number of fused-ring (bicyclic) bond motifs is 1. The van der Waals surface area contributed by atoms with E-state index in [2.05, 4.69) is 15.8 Å². The Morgan fingerprint density at radius 2 is 1.84 bits per heavy atom. The summed E-state index contributed by atoms with van der Waals surface area (Å²) >= 11 is 0. The number of benzene rings is 2. The fourth-order valence-corrected chi connectivity index (χ4v) is 4.73. The first-order valence-electron chi connectivity index (χ1n) is 12.5. The summed E-state index contributed by atoms with van der Waals surface area (Å²) in [5.41, 5.74) is 1.53. The molecule has 194 valence electrons. The molecule has 0 aliphatic carbocycles. The van der Waals surface area contributed by atoms with Gasteiger partial charge in [-0.3, -0.25) is 9.59 Å². The molecule has 2 atom stereocenters. The average molecular weight is 504 g/mol. The number of nitrogens with one attached hydrogen (secondary N) is 2. The third-order valence-corrected chi connectivity index (χ3v) is 6.58.